The van der Waals surface area contributed by atoms with Gasteiger partial charge in [-0.1, -0.05) is 27.7 Å². The maximum absolute atomic E-state index is 11.7. The lowest BCUT2D eigenvalue weighted by Gasteiger charge is -2.13. The van der Waals surface area contributed by atoms with Gasteiger partial charge in [0.25, 0.3) is 0 Å². The summed E-state index contributed by atoms with van der Waals surface area (Å²) >= 11 is 0. The van der Waals surface area contributed by atoms with Crippen LogP contribution >= 0.6 is 0 Å². The molecule has 0 aromatic heterocycles. The number of nitrogens with one attached hydrogen (secondary N) is 1. The lowest BCUT2D eigenvalue weighted by Crippen LogP contribution is -2.36. The molecule has 1 fully saturated rings. The first kappa shape index (κ1) is 15.2. The molecule has 1 unspecified atom stereocenters. The topological polar surface area (TPSA) is 12.0 Å². The SMILES string of the molecule is CC.CC.FC(F)(F)C1CCCN1. The Morgan fingerprint density at radius 2 is 1.54 bits per heavy atom. The normalized spacial score (nSPS) is 21.0. The Balaban J connectivity index is 0. The molecular weight excluding hydrogens is 179 g/mol. The monoisotopic (exact) mass is 199 g/mol. The summed E-state index contributed by atoms with van der Waals surface area (Å²) in [5.74, 6) is 0. The van der Waals surface area contributed by atoms with Crippen molar-refractivity contribution in [3.8, 4) is 0 Å². The molecule has 0 aliphatic carbocycles. The van der Waals surface area contributed by atoms with Gasteiger partial charge in [-0.15, -0.1) is 0 Å². The Morgan fingerprint density at radius 3 is 1.69 bits per heavy atom. The fourth-order valence-electron chi connectivity index (χ4n) is 0.964. The smallest absolute Gasteiger partial charge is 0.306 e. The van der Waals surface area contributed by atoms with Gasteiger partial charge in [0.15, 0.2) is 0 Å². The molecule has 0 aromatic carbocycles. The van der Waals surface area contributed by atoms with Crippen LogP contribution in [0, 0.1) is 0 Å². The van der Waals surface area contributed by atoms with Crippen LogP contribution in [0.5, 0.6) is 0 Å². The van der Waals surface area contributed by atoms with E-state index in [1.165, 1.54) is 0 Å². The molecule has 0 bridgehead atoms. The average molecular weight is 199 g/mol. The number of hydrogen-bond acceptors (Lipinski definition) is 1. The Morgan fingerprint density at radius 1 is 1.08 bits per heavy atom. The molecule has 0 radical (unpaired) electrons. The summed E-state index contributed by atoms with van der Waals surface area (Å²) < 4.78 is 35.1. The minimum Gasteiger partial charge on any atom is -0.306 e. The lowest BCUT2D eigenvalue weighted by molar-refractivity contribution is -0.151. The summed E-state index contributed by atoms with van der Waals surface area (Å²) in [4.78, 5) is 0. The van der Waals surface area contributed by atoms with Crippen molar-refractivity contribution in [3.05, 3.63) is 0 Å². The number of hydrogen-bond donors (Lipinski definition) is 1. The largest absolute Gasteiger partial charge is 0.403 e. The third-order valence-electron chi connectivity index (χ3n) is 1.46. The quantitative estimate of drug-likeness (QED) is 0.630. The number of alkyl halides is 3. The summed E-state index contributed by atoms with van der Waals surface area (Å²) in [5.41, 5.74) is 0. The van der Waals surface area contributed by atoms with Crippen LogP contribution in [0.15, 0.2) is 0 Å². The number of halogens is 3. The van der Waals surface area contributed by atoms with E-state index in [0.29, 0.717) is 13.0 Å². The van der Waals surface area contributed by atoms with Gasteiger partial charge >= 0.3 is 6.18 Å². The van der Waals surface area contributed by atoms with Gasteiger partial charge in [-0.3, -0.25) is 0 Å². The maximum Gasteiger partial charge on any atom is 0.403 e. The highest BCUT2D eigenvalue weighted by molar-refractivity contribution is 4.80. The second-order valence-corrected chi connectivity index (χ2v) is 2.19. The Hall–Kier alpha value is -0.250. The first-order chi connectivity index (χ1) is 6.11. The molecule has 1 heterocycles. The van der Waals surface area contributed by atoms with E-state index in [-0.39, 0.29) is 6.42 Å². The van der Waals surface area contributed by atoms with Crippen LogP contribution in [0.1, 0.15) is 40.5 Å². The highest BCUT2D eigenvalue weighted by Gasteiger charge is 2.40. The molecule has 13 heavy (non-hydrogen) atoms. The third-order valence-corrected chi connectivity index (χ3v) is 1.46. The van der Waals surface area contributed by atoms with E-state index in [9.17, 15) is 13.2 Å². The second kappa shape index (κ2) is 8.35. The van der Waals surface area contributed by atoms with Crippen LogP contribution in [0.3, 0.4) is 0 Å². The van der Waals surface area contributed by atoms with Crippen molar-refractivity contribution in [1.29, 1.82) is 0 Å². The highest BCUT2D eigenvalue weighted by Crippen LogP contribution is 2.25. The van der Waals surface area contributed by atoms with Crippen molar-refractivity contribution in [3.63, 3.8) is 0 Å². The molecule has 0 aromatic rings. The van der Waals surface area contributed by atoms with Gasteiger partial charge in [-0.2, -0.15) is 13.2 Å². The third kappa shape index (κ3) is 6.87. The highest BCUT2D eigenvalue weighted by atomic mass is 19.4. The molecule has 1 rings (SSSR count). The van der Waals surface area contributed by atoms with Crippen LogP contribution in [0.2, 0.25) is 0 Å². The molecule has 1 aliphatic heterocycles. The predicted molar refractivity (Wildman–Crippen MR) is 49.8 cm³/mol. The van der Waals surface area contributed by atoms with Crippen LogP contribution in [0.4, 0.5) is 13.2 Å². The van der Waals surface area contributed by atoms with Crippen LogP contribution in [-0.4, -0.2) is 18.8 Å². The van der Waals surface area contributed by atoms with Crippen molar-refractivity contribution in [1.82, 2.24) is 5.32 Å². The zero-order valence-electron chi connectivity index (χ0n) is 8.83. The van der Waals surface area contributed by atoms with Crippen molar-refractivity contribution in [2.45, 2.75) is 52.8 Å². The van der Waals surface area contributed by atoms with Gasteiger partial charge in [0.05, 0.1) is 0 Å². The van der Waals surface area contributed by atoms with Gasteiger partial charge in [0, 0.05) is 0 Å². The summed E-state index contributed by atoms with van der Waals surface area (Å²) in [6.07, 6.45) is -3.15. The minimum absolute atomic E-state index is 0.240. The van der Waals surface area contributed by atoms with E-state index in [1.807, 2.05) is 27.7 Å². The molecule has 1 N–H and O–H groups in total. The molecule has 4 heteroatoms. The van der Waals surface area contributed by atoms with Gasteiger partial charge in [-0.25, -0.2) is 0 Å². The van der Waals surface area contributed by atoms with E-state index in [0.717, 1.165) is 0 Å². The van der Waals surface area contributed by atoms with Crippen LogP contribution in [0.25, 0.3) is 0 Å². The van der Waals surface area contributed by atoms with Gasteiger partial charge in [-0.05, 0) is 19.4 Å². The van der Waals surface area contributed by atoms with Crippen LogP contribution < -0.4 is 5.32 Å². The Labute approximate surface area is 78.7 Å². The Kier molecular flexibility index (Phi) is 9.79. The zero-order chi connectivity index (χ0) is 10.9. The number of rotatable bonds is 0. The fraction of sp³-hybridized carbons (Fsp3) is 1.00. The van der Waals surface area contributed by atoms with E-state index in [1.54, 1.807) is 0 Å². The van der Waals surface area contributed by atoms with E-state index >= 15 is 0 Å². The molecule has 1 saturated heterocycles. The van der Waals surface area contributed by atoms with Crippen molar-refractivity contribution in [2.75, 3.05) is 6.54 Å². The van der Waals surface area contributed by atoms with E-state index in [4.69, 9.17) is 0 Å². The molecule has 1 nitrogen and oxygen atoms in total. The molecule has 1 aliphatic rings. The van der Waals surface area contributed by atoms with Crippen LogP contribution in [-0.2, 0) is 0 Å². The molecule has 0 saturated carbocycles. The standard InChI is InChI=1S/C5H8F3N.2C2H6/c6-5(7,8)4-2-1-3-9-4;2*1-2/h4,9H,1-3H2;2*1-2H3. The molecule has 1 atom stereocenters. The molecule has 0 amide bonds. The van der Waals surface area contributed by atoms with Gasteiger partial charge < -0.3 is 5.32 Å². The maximum atomic E-state index is 11.7. The summed E-state index contributed by atoms with van der Waals surface area (Å²) in [5, 5.41) is 2.37. The zero-order valence-corrected chi connectivity index (χ0v) is 8.83. The predicted octanol–water partition coefficient (Wildman–Crippen LogP) is 3.35. The molecule has 0 spiro atoms. The van der Waals surface area contributed by atoms with Gasteiger partial charge in [0.2, 0.25) is 0 Å². The van der Waals surface area contributed by atoms with E-state index in [2.05, 4.69) is 5.32 Å². The summed E-state index contributed by atoms with van der Waals surface area (Å²) in [6, 6.07) is -1.24. The van der Waals surface area contributed by atoms with Crippen molar-refractivity contribution in [2.24, 2.45) is 0 Å². The van der Waals surface area contributed by atoms with E-state index < -0.39 is 12.2 Å². The fourth-order valence-corrected chi connectivity index (χ4v) is 0.964. The van der Waals surface area contributed by atoms with Crippen molar-refractivity contribution >= 4 is 0 Å². The first-order valence-electron chi connectivity index (χ1n) is 4.91. The molecular formula is C9H20F3N. The summed E-state index contributed by atoms with van der Waals surface area (Å²) in [6.45, 7) is 8.50. The van der Waals surface area contributed by atoms with Crippen molar-refractivity contribution < 1.29 is 13.2 Å². The second-order valence-electron chi connectivity index (χ2n) is 2.19. The van der Waals surface area contributed by atoms with Gasteiger partial charge in [0.1, 0.15) is 6.04 Å². The minimum atomic E-state index is -4.03. The average Bonchev–Trinajstić information content (AvgIpc) is 2.63. The Bertz CT molecular complexity index is 95.5. The first-order valence-corrected chi connectivity index (χ1v) is 4.91. The molecule has 82 valence electrons. The lowest BCUT2D eigenvalue weighted by atomic mass is 10.2. The summed E-state index contributed by atoms with van der Waals surface area (Å²) in [7, 11) is 0.